The minimum absolute atomic E-state index is 0.345. The third-order valence-electron chi connectivity index (χ3n) is 2.53. The Bertz CT molecular complexity index is 256. The molecule has 0 aromatic heterocycles. The Hall–Kier alpha value is -1.02. The third-order valence-corrected chi connectivity index (χ3v) is 2.53. The lowest BCUT2D eigenvalue weighted by Crippen LogP contribution is -2.20. The molecule has 1 rings (SSSR count). The Morgan fingerprint density at radius 1 is 1.29 bits per heavy atom. The average molecular weight is 193 g/mol. The van der Waals surface area contributed by atoms with Crippen molar-refractivity contribution in [1.29, 1.82) is 0 Å². The number of rotatable bonds is 5. The molecule has 1 atom stereocenters. The van der Waals surface area contributed by atoms with Gasteiger partial charge in [-0.15, -0.1) is 0 Å². The van der Waals surface area contributed by atoms with Gasteiger partial charge in [0.2, 0.25) is 0 Å². The van der Waals surface area contributed by atoms with Gasteiger partial charge in [-0.3, -0.25) is 0 Å². The molecule has 0 saturated heterocycles. The summed E-state index contributed by atoms with van der Waals surface area (Å²) >= 11 is 0. The lowest BCUT2D eigenvalue weighted by molar-refractivity contribution is 0.475. The predicted octanol–water partition coefficient (Wildman–Crippen LogP) is 2.32. The number of hydrogen-bond donors (Lipinski definition) is 2. The predicted molar refractivity (Wildman–Crippen MR) is 59.6 cm³/mol. The van der Waals surface area contributed by atoms with Crippen LogP contribution in [0.15, 0.2) is 24.3 Å². The molecule has 0 spiro atoms. The number of aromatic hydroxyl groups is 1. The molecule has 0 radical (unpaired) electrons. The molecule has 1 aromatic rings. The van der Waals surface area contributed by atoms with Gasteiger partial charge in [-0.05, 0) is 50.9 Å². The fourth-order valence-corrected chi connectivity index (χ4v) is 1.42. The zero-order chi connectivity index (χ0) is 10.4. The second-order valence-electron chi connectivity index (χ2n) is 3.75. The zero-order valence-electron chi connectivity index (χ0n) is 8.96. The maximum absolute atomic E-state index is 9.10. The van der Waals surface area contributed by atoms with E-state index in [2.05, 4.69) is 12.2 Å². The highest BCUT2D eigenvalue weighted by atomic mass is 16.3. The molecule has 14 heavy (non-hydrogen) atoms. The van der Waals surface area contributed by atoms with Crippen molar-refractivity contribution in [2.75, 3.05) is 7.05 Å². The summed E-state index contributed by atoms with van der Waals surface area (Å²) in [5.41, 5.74) is 1.30. The van der Waals surface area contributed by atoms with Gasteiger partial charge in [-0.25, -0.2) is 0 Å². The van der Waals surface area contributed by atoms with E-state index < -0.39 is 0 Å². The van der Waals surface area contributed by atoms with Crippen LogP contribution in [0.4, 0.5) is 0 Å². The Labute approximate surface area is 86.0 Å². The Morgan fingerprint density at radius 3 is 2.50 bits per heavy atom. The van der Waals surface area contributed by atoms with Crippen LogP contribution >= 0.6 is 0 Å². The van der Waals surface area contributed by atoms with Crippen molar-refractivity contribution in [3.8, 4) is 5.75 Å². The lowest BCUT2D eigenvalue weighted by Gasteiger charge is -2.09. The van der Waals surface area contributed by atoms with E-state index >= 15 is 0 Å². The first-order valence-electron chi connectivity index (χ1n) is 5.17. The van der Waals surface area contributed by atoms with E-state index in [1.165, 1.54) is 18.4 Å². The monoisotopic (exact) mass is 193 g/mol. The number of aryl methyl sites for hydroxylation is 1. The highest BCUT2D eigenvalue weighted by Gasteiger charge is 1.98. The van der Waals surface area contributed by atoms with Gasteiger partial charge < -0.3 is 10.4 Å². The molecule has 0 heterocycles. The van der Waals surface area contributed by atoms with Crippen molar-refractivity contribution in [3.63, 3.8) is 0 Å². The highest BCUT2D eigenvalue weighted by molar-refractivity contribution is 5.25. The second kappa shape index (κ2) is 5.66. The Balaban J connectivity index is 2.28. The minimum atomic E-state index is 0.345. The topological polar surface area (TPSA) is 32.3 Å². The highest BCUT2D eigenvalue weighted by Crippen LogP contribution is 2.12. The Morgan fingerprint density at radius 2 is 1.93 bits per heavy atom. The second-order valence-corrected chi connectivity index (χ2v) is 3.75. The number of phenolic OH excluding ortho intramolecular Hbond substituents is 1. The quantitative estimate of drug-likeness (QED) is 0.752. The number of benzene rings is 1. The summed E-state index contributed by atoms with van der Waals surface area (Å²) in [6, 6.07) is 8.05. The van der Waals surface area contributed by atoms with Crippen molar-refractivity contribution in [2.24, 2.45) is 0 Å². The van der Waals surface area contributed by atoms with Gasteiger partial charge in [0.1, 0.15) is 5.75 Å². The molecule has 2 nitrogen and oxygen atoms in total. The van der Waals surface area contributed by atoms with Crippen LogP contribution in [0.3, 0.4) is 0 Å². The summed E-state index contributed by atoms with van der Waals surface area (Å²) in [6.45, 7) is 2.19. The summed E-state index contributed by atoms with van der Waals surface area (Å²) in [4.78, 5) is 0. The van der Waals surface area contributed by atoms with Crippen LogP contribution in [0.2, 0.25) is 0 Å². The molecule has 0 saturated carbocycles. The molecular formula is C12H19NO. The maximum atomic E-state index is 9.10. The Kier molecular flexibility index (Phi) is 4.47. The summed E-state index contributed by atoms with van der Waals surface area (Å²) in [7, 11) is 1.99. The fourth-order valence-electron chi connectivity index (χ4n) is 1.42. The standard InChI is InChI=1S/C12H19NO/c1-10(13-2)4-3-5-11-6-8-12(14)9-7-11/h6-10,13-14H,3-5H2,1-2H3/t10-/m1/s1. The van der Waals surface area contributed by atoms with Gasteiger partial charge in [-0.2, -0.15) is 0 Å². The van der Waals surface area contributed by atoms with Crippen molar-refractivity contribution in [2.45, 2.75) is 32.2 Å². The number of nitrogens with one attached hydrogen (secondary N) is 1. The first-order chi connectivity index (χ1) is 6.72. The van der Waals surface area contributed by atoms with E-state index in [1.54, 1.807) is 12.1 Å². The summed E-state index contributed by atoms with van der Waals surface area (Å²) in [5, 5.41) is 12.3. The van der Waals surface area contributed by atoms with Crippen molar-refractivity contribution in [3.05, 3.63) is 29.8 Å². The van der Waals surface area contributed by atoms with Gasteiger partial charge in [0.25, 0.3) is 0 Å². The van der Waals surface area contributed by atoms with E-state index in [1.807, 2.05) is 19.2 Å². The van der Waals surface area contributed by atoms with Crippen molar-refractivity contribution >= 4 is 0 Å². The lowest BCUT2D eigenvalue weighted by atomic mass is 10.1. The smallest absolute Gasteiger partial charge is 0.115 e. The molecular weight excluding hydrogens is 174 g/mol. The molecule has 1 aromatic carbocycles. The van der Waals surface area contributed by atoms with Crippen LogP contribution in [0.25, 0.3) is 0 Å². The normalized spacial score (nSPS) is 12.7. The molecule has 0 bridgehead atoms. The van der Waals surface area contributed by atoms with E-state index in [0.717, 1.165) is 6.42 Å². The molecule has 2 N–H and O–H groups in total. The molecule has 78 valence electrons. The zero-order valence-corrected chi connectivity index (χ0v) is 8.96. The maximum Gasteiger partial charge on any atom is 0.115 e. The van der Waals surface area contributed by atoms with Crippen LogP contribution in [-0.2, 0) is 6.42 Å². The van der Waals surface area contributed by atoms with E-state index in [-0.39, 0.29) is 0 Å². The first-order valence-corrected chi connectivity index (χ1v) is 5.17. The fraction of sp³-hybridized carbons (Fsp3) is 0.500. The van der Waals surface area contributed by atoms with E-state index in [9.17, 15) is 0 Å². The largest absolute Gasteiger partial charge is 0.508 e. The SMILES string of the molecule is CN[C@H](C)CCCc1ccc(O)cc1. The van der Waals surface area contributed by atoms with Crippen LogP contribution in [0.5, 0.6) is 5.75 Å². The molecule has 0 aliphatic heterocycles. The molecule has 2 heteroatoms. The van der Waals surface area contributed by atoms with Crippen LogP contribution in [0.1, 0.15) is 25.3 Å². The molecule has 0 unspecified atom stereocenters. The van der Waals surface area contributed by atoms with Gasteiger partial charge in [0.05, 0.1) is 0 Å². The van der Waals surface area contributed by atoms with Crippen molar-refractivity contribution in [1.82, 2.24) is 5.32 Å². The first kappa shape index (κ1) is 11.1. The summed E-state index contributed by atoms with van der Waals surface area (Å²) in [6.07, 6.45) is 3.47. The molecule has 0 fully saturated rings. The summed E-state index contributed by atoms with van der Waals surface area (Å²) < 4.78 is 0. The molecule has 0 aliphatic carbocycles. The van der Waals surface area contributed by atoms with Gasteiger partial charge in [0.15, 0.2) is 0 Å². The summed E-state index contributed by atoms with van der Waals surface area (Å²) in [5.74, 6) is 0.345. The third kappa shape index (κ3) is 3.79. The van der Waals surface area contributed by atoms with Gasteiger partial charge >= 0.3 is 0 Å². The van der Waals surface area contributed by atoms with Crippen LogP contribution < -0.4 is 5.32 Å². The van der Waals surface area contributed by atoms with Crippen LogP contribution in [0, 0.1) is 0 Å². The minimum Gasteiger partial charge on any atom is -0.508 e. The van der Waals surface area contributed by atoms with Gasteiger partial charge in [0, 0.05) is 6.04 Å². The van der Waals surface area contributed by atoms with Crippen molar-refractivity contribution < 1.29 is 5.11 Å². The van der Waals surface area contributed by atoms with E-state index in [4.69, 9.17) is 5.11 Å². The number of hydrogen-bond acceptors (Lipinski definition) is 2. The van der Waals surface area contributed by atoms with E-state index in [0.29, 0.717) is 11.8 Å². The molecule has 0 amide bonds. The average Bonchev–Trinajstić information content (AvgIpc) is 2.21. The van der Waals surface area contributed by atoms with Crippen LogP contribution in [-0.4, -0.2) is 18.2 Å². The van der Waals surface area contributed by atoms with Gasteiger partial charge in [-0.1, -0.05) is 12.1 Å². The molecule has 0 aliphatic rings. The number of phenols is 1.